The maximum Gasteiger partial charge on any atom is 0.489 e. The summed E-state index contributed by atoms with van der Waals surface area (Å²) in [5.41, 5.74) is 3.50. The van der Waals surface area contributed by atoms with Gasteiger partial charge in [0.2, 0.25) is 0 Å². The Kier molecular flexibility index (Phi) is 4.24. The number of hydrogen-bond donors (Lipinski definition) is 2. The molecule has 0 bridgehead atoms. The molecule has 0 unspecified atom stereocenters. The van der Waals surface area contributed by atoms with E-state index in [4.69, 9.17) is 4.74 Å². The lowest BCUT2D eigenvalue weighted by Crippen LogP contribution is -2.36. The fourth-order valence-electron chi connectivity index (χ4n) is 2.68. The zero-order valence-corrected chi connectivity index (χ0v) is 11.8. The van der Waals surface area contributed by atoms with E-state index in [1.807, 2.05) is 30.3 Å². The summed E-state index contributed by atoms with van der Waals surface area (Å²) in [5.74, 6) is 0. The number of ether oxygens (including phenoxy) is 1. The number of hydrogen-bond acceptors (Lipinski definition) is 4. The minimum Gasteiger partial charge on any atom is -0.423 e. The van der Waals surface area contributed by atoms with Crippen LogP contribution >= 0.6 is 0 Å². The van der Waals surface area contributed by atoms with Gasteiger partial charge in [0.15, 0.2) is 0 Å². The summed E-state index contributed by atoms with van der Waals surface area (Å²) in [6, 6.07) is 15.5. The van der Waals surface area contributed by atoms with Crippen molar-refractivity contribution in [2.24, 2.45) is 0 Å². The molecule has 1 heterocycles. The van der Waals surface area contributed by atoms with Gasteiger partial charge >= 0.3 is 7.12 Å². The highest BCUT2D eigenvalue weighted by Crippen LogP contribution is 2.24. The van der Waals surface area contributed by atoms with Gasteiger partial charge in [0.05, 0.1) is 13.2 Å². The Bertz CT molecular complexity index is 612. The van der Waals surface area contributed by atoms with E-state index < -0.39 is 7.12 Å². The van der Waals surface area contributed by atoms with Crippen molar-refractivity contribution in [2.45, 2.75) is 0 Å². The van der Waals surface area contributed by atoms with Gasteiger partial charge in [-0.3, -0.25) is 0 Å². The van der Waals surface area contributed by atoms with Crippen LogP contribution in [0.4, 0.5) is 5.69 Å². The van der Waals surface area contributed by atoms with E-state index in [0.29, 0.717) is 5.46 Å². The Morgan fingerprint density at radius 1 is 0.952 bits per heavy atom. The monoisotopic (exact) mass is 283 g/mol. The Morgan fingerprint density at radius 2 is 1.71 bits per heavy atom. The third-order valence-electron chi connectivity index (χ3n) is 3.77. The Balaban J connectivity index is 1.96. The number of anilines is 1. The van der Waals surface area contributed by atoms with Crippen LogP contribution in [0.1, 0.15) is 0 Å². The fraction of sp³-hybridized carbons (Fsp3) is 0.250. The van der Waals surface area contributed by atoms with Gasteiger partial charge in [-0.05, 0) is 28.7 Å². The average Bonchev–Trinajstić information content (AvgIpc) is 2.56. The molecule has 1 aliphatic rings. The molecule has 5 heteroatoms. The molecule has 0 aliphatic carbocycles. The van der Waals surface area contributed by atoms with Crippen molar-refractivity contribution in [1.82, 2.24) is 0 Å². The van der Waals surface area contributed by atoms with Gasteiger partial charge < -0.3 is 19.7 Å². The minimum atomic E-state index is -1.46. The van der Waals surface area contributed by atoms with Gasteiger partial charge in [-0.2, -0.15) is 0 Å². The fourth-order valence-corrected chi connectivity index (χ4v) is 2.68. The quantitative estimate of drug-likeness (QED) is 0.821. The molecular weight excluding hydrogens is 265 g/mol. The second kappa shape index (κ2) is 6.31. The van der Waals surface area contributed by atoms with Crippen LogP contribution in [0.25, 0.3) is 11.1 Å². The molecule has 0 saturated carbocycles. The Morgan fingerprint density at radius 3 is 2.48 bits per heavy atom. The number of morpholine rings is 1. The molecule has 3 rings (SSSR count). The van der Waals surface area contributed by atoms with Crippen molar-refractivity contribution in [1.29, 1.82) is 0 Å². The molecule has 2 aromatic rings. The van der Waals surface area contributed by atoms with E-state index in [9.17, 15) is 10.0 Å². The number of benzene rings is 2. The summed E-state index contributed by atoms with van der Waals surface area (Å²) in [6.45, 7) is 3.26. The predicted molar refractivity (Wildman–Crippen MR) is 84.7 cm³/mol. The Hall–Kier alpha value is -1.82. The van der Waals surface area contributed by atoms with Crippen molar-refractivity contribution >= 4 is 18.3 Å². The summed E-state index contributed by atoms with van der Waals surface area (Å²) in [5, 5.41) is 19.0. The summed E-state index contributed by atoms with van der Waals surface area (Å²) >= 11 is 0. The molecule has 0 radical (unpaired) electrons. The van der Waals surface area contributed by atoms with Crippen LogP contribution in [0.5, 0.6) is 0 Å². The smallest absolute Gasteiger partial charge is 0.423 e. The van der Waals surface area contributed by atoms with Crippen LogP contribution in [-0.2, 0) is 4.74 Å². The highest BCUT2D eigenvalue weighted by Gasteiger charge is 2.17. The molecule has 0 amide bonds. The molecule has 2 aromatic carbocycles. The predicted octanol–water partition coefficient (Wildman–Crippen LogP) is 0.870. The van der Waals surface area contributed by atoms with E-state index >= 15 is 0 Å². The Labute approximate surface area is 124 Å². The molecular formula is C16H18BNO3. The highest BCUT2D eigenvalue weighted by atomic mass is 16.5. The van der Waals surface area contributed by atoms with E-state index in [-0.39, 0.29) is 0 Å². The normalized spacial score (nSPS) is 15.0. The molecule has 1 fully saturated rings. The lowest BCUT2D eigenvalue weighted by atomic mass is 9.75. The number of rotatable bonds is 3. The van der Waals surface area contributed by atoms with Gasteiger partial charge in [0.25, 0.3) is 0 Å². The van der Waals surface area contributed by atoms with E-state index in [1.54, 1.807) is 6.07 Å². The molecule has 21 heavy (non-hydrogen) atoms. The largest absolute Gasteiger partial charge is 0.489 e. The zero-order valence-electron chi connectivity index (χ0n) is 11.8. The molecule has 0 spiro atoms. The second-order valence-corrected chi connectivity index (χ2v) is 5.11. The highest BCUT2D eigenvalue weighted by molar-refractivity contribution is 6.60. The molecule has 1 saturated heterocycles. The molecule has 2 N–H and O–H groups in total. The van der Waals surface area contributed by atoms with Crippen molar-refractivity contribution in [3.63, 3.8) is 0 Å². The SMILES string of the molecule is OB(O)c1ccccc1-c1cccc(N2CCOCC2)c1. The van der Waals surface area contributed by atoms with Crippen molar-refractivity contribution in [3.8, 4) is 11.1 Å². The summed E-state index contributed by atoms with van der Waals surface area (Å²) in [7, 11) is -1.46. The van der Waals surface area contributed by atoms with E-state index in [0.717, 1.165) is 43.1 Å². The average molecular weight is 283 g/mol. The van der Waals surface area contributed by atoms with Crippen molar-refractivity contribution < 1.29 is 14.8 Å². The third kappa shape index (κ3) is 3.10. The van der Waals surface area contributed by atoms with E-state index in [1.165, 1.54) is 0 Å². The summed E-state index contributed by atoms with van der Waals surface area (Å²) < 4.78 is 5.38. The maximum absolute atomic E-state index is 9.51. The molecule has 0 atom stereocenters. The lowest BCUT2D eigenvalue weighted by Gasteiger charge is -2.29. The zero-order chi connectivity index (χ0) is 14.7. The first kappa shape index (κ1) is 14.1. The lowest BCUT2D eigenvalue weighted by molar-refractivity contribution is 0.122. The van der Waals surface area contributed by atoms with E-state index in [2.05, 4.69) is 17.0 Å². The standard InChI is InChI=1S/C16H18BNO3/c19-17(20)16-7-2-1-6-15(16)13-4-3-5-14(12-13)18-8-10-21-11-9-18/h1-7,12,19-20H,8-11H2. The first-order chi connectivity index (χ1) is 10.3. The molecule has 0 aromatic heterocycles. The van der Waals surface area contributed by atoms with Crippen LogP contribution in [0, 0.1) is 0 Å². The first-order valence-electron chi connectivity index (χ1n) is 7.14. The van der Waals surface area contributed by atoms with Gasteiger partial charge in [0, 0.05) is 18.8 Å². The van der Waals surface area contributed by atoms with Crippen LogP contribution in [0.15, 0.2) is 48.5 Å². The van der Waals surface area contributed by atoms with Crippen molar-refractivity contribution in [3.05, 3.63) is 48.5 Å². The third-order valence-corrected chi connectivity index (χ3v) is 3.77. The van der Waals surface area contributed by atoms with Gasteiger partial charge in [-0.25, -0.2) is 0 Å². The first-order valence-corrected chi connectivity index (χ1v) is 7.14. The second-order valence-electron chi connectivity index (χ2n) is 5.11. The van der Waals surface area contributed by atoms with Crippen LogP contribution in [-0.4, -0.2) is 43.5 Å². The van der Waals surface area contributed by atoms with Gasteiger partial charge in [-0.1, -0.05) is 36.4 Å². The van der Waals surface area contributed by atoms with Gasteiger partial charge in [-0.15, -0.1) is 0 Å². The maximum atomic E-state index is 9.51. The van der Waals surface area contributed by atoms with Crippen LogP contribution in [0.3, 0.4) is 0 Å². The number of nitrogens with zero attached hydrogens (tertiary/aromatic N) is 1. The van der Waals surface area contributed by atoms with Crippen LogP contribution < -0.4 is 10.4 Å². The van der Waals surface area contributed by atoms with Crippen LogP contribution in [0.2, 0.25) is 0 Å². The molecule has 4 nitrogen and oxygen atoms in total. The molecule has 1 aliphatic heterocycles. The molecule has 108 valence electrons. The minimum absolute atomic E-state index is 0.525. The van der Waals surface area contributed by atoms with Crippen molar-refractivity contribution in [2.75, 3.05) is 31.2 Å². The topological polar surface area (TPSA) is 52.9 Å². The van der Waals surface area contributed by atoms with Gasteiger partial charge in [0.1, 0.15) is 0 Å². The summed E-state index contributed by atoms with van der Waals surface area (Å²) in [4.78, 5) is 2.28. The summed E-state index contributed by atoms with van der Waals surface area (Å²) in [6.07, 6.45) is 0.